The summed E-state index contributed by atoms with van der Waals surface area (Å²) in [7, 11) is 0. The number of nitrogens with two attached hydrogens (primary N) is 1. The van der Waals surface area contributed by atoms with Crippen molar-refractivity contribution < 1.29 is 9.59 Å². The van der Waals surface area contributed by atoms with Gasteiger partial charge in [0.1, 0.15) is 6.04 Å². The normalized spacial score (nSPS) is 13.1. The average Bonchev–Trinajstić information content (AvgIpc) is 2.68. The van der Waals surface area contributed by atoms with Crippen LogP contribution < -0.4 is 16.6 Å². The molecule has 0 aliphatic carbocycles. The smallest absolute Gasteiger partial charge is 0.259 e. The van der Waals surface area contributed by atoms with E-state index >= 15 is 0 Å². The molecule has 2 aromatic carbocycles. The summed E-state index contributed by atoms with van der Waals surface area (Å²) in [4.78, 5) is 36.9. The van der Waals surface area contributed by atoms with Crippen LogP contribution in [0.3, 0.4) is 0 Å². The zero-order valence-electron chi connectivity index (χ0n) is 15.5. The predicted molar refractivity (Wildman–Crippen MR) is 111 cm³/mol. The summed E-state index contributed by atoms with van der Waals surface area (Å²) in [6.07, 6.45) is 1.51. The molecule has 1 unspecified atom stereocenters. The summed E-state index contributed by atoms with van der Waals surface area (Å²) in [6, 6.07) is 13.1. The lowest BCUT2D eigenvalue weighted by atomic mass is 10.00. The van der Waals surface area contributed by atoms with Crippen LogP contribution >= 0.6 is 11.6 Å². The Hall–Kier alpha value is -3.12. The van der Waals surface area contributed by atoms with E-state index in [1.165, 1.54) is 10.8 Å². The van der Waals surface area contributed by atoms with Gasteiger partial charge in [-0.1, -0.05) is 29.8 Å². The number of carbonyl (C=O) groups is 2. The summed E-state index contributed by atoms with van der Waals surface area (Å²) < 4.78 is 1.28. The van der Waals surface area contributed by atoms with Gasteiger partial charge in [-0.05, 0) is 49.7 Å². The van der Waals surface area contributed by atoms with Crippen molar-refractivity contribution in [2.45, 2.75) is 25.8 Å². The molecule has 2 amide bonds. The van der Waals surface area contributed by atoms with Gasteiger partial charge in [-0.25, -0.2) is 0 Å². The van der Waals surface area contributed by atoms with E-state index in [9.17, 15) is 14.4 Å². The zero-order valence-corrected chi connectivity index (χ0v) is 16.2. The van der Waals surface area contributed by atoms with Crippen molar-refractivity contribution in [1.29, 1.82) is 0 Å². The number of anilines is 1. The lowest BCUT2D eigenvalue weighted by molar-refractivity contribution is -0.120. The number of rotatable bonds is 5. The number of nitrogens with zero attached hydrogens (tertiary/aromatic N) is 1. The van der Waals surface area contributed by atoms with Crippen molar-refractivity contribution in [2.75, 3.05) is 5.32 Å². The number of fused-ring (bicyclic) bond motifs is 1. The topological polar surface area (TPSA) is 94.2 Å². The Labute approximate surface area is 166 Å². The van der Waals surface area contributed by atoms with Crippen LogP contribution in [0.25, 0.3) is 10.8 Å². The van der Waals surface area contributed by atoms with Crippen LogP contribution in [0.15, 0.2) is 59.5 Å². The SMILES string of the molecule is CC(C(N)=O)n1ccc2c(NC(=O)[C@H](C)c3ccc(Cl)cc3)cccc2c1=O. The number of aromatic nitrogens is 1. The van der Waals surface area contributed by atoms with Gasteiger partial charge in [0.25, 0.3) is 5.56 Å². The molecule has 0 bridgehead atoms. The second kappa shape index (κ2) is 7.86. The molecule has 1 aromatic heterocycles. The maximum absolute atomic E-state index is 12.7. The average molecular weight is 398 g/mol. The minimum Gasteiger partial charge on any atom is -0.368 e. The van der Waals surface area contributed by atoms with Crippen molar-refractivity contribution in [3.63, 3.8) is 0 Å². The fourth-order valence-electron chi connectivity index (χ4n) is 2.99. The van der Waals surface area contributed by atoms with Crippen molar-refractivity contribution in [3.05, 3.63) is 75.7 Å². The monoisotopic (exact) mass is 397 g/mol. The molecular weight excluding hydrogens is 378 g/mol. The van der Waals surface area contributed by atoms with Crippen LogP contribution in [0, 0.1) is 0 Å². The van der Waals surface area contributed by atoms with Gasteiger partial charge < -0.3 is 15.6 Å². The number of halogens is 1. The minimum absolute atomic E-state index is 0.204. The van der Waals surface area contributed by atoms with E-state index in [1.807, 2.05) is 0 Å². The van der Waals surface area contributed by atoms with E-state index in [-0.39, 0.29) is 11.5 Å². The first-order valence-electron chi connectivity index (χ1n) is 8.79. The van der Waals surface area contributed by atoms with Gasteiger partial charge in [-0.2, -0.15) is 0 Å². The second-order valence-electron chi connectivity index (χ2n) is 6.64. The molecule has 0 aliphatic heterocycles. The highest BCUT2D eigenvalue weighted by Gasteiger charge is 2.18. The Morgan fingerprint density at radius 1 is 1.04 bits per heavy atom. The Morgan fingerprint density at radius 3 is 2.36 bits per heavy atom. The van der Waals surface area contributed by atoms with Crippen molar-refractivity contribution in [1.82, 2.24) is 4.57 Å². The molecule has 0 radical (unpaired) electrons. The van der Waals surface area contributed by atoms with Gasteiger partial charge in [0.05, 0.1) is 5.92 Å². The predicted octanol–water partition coefficient (Wildman–Crippen LogP) is 3.44. The molecule has 0 fully saturated rings. The number of benzene rings is 2. The van der Waals surface area contributed by atoms with E-state index < -0.39 is 17.9 Å². The fourth-order valence-corrected chi connectivity index (χ4v) is 3.11. The fraction of sp³-hybridized carbons (Fsp3) is 0.190. The van der Waals surface area contributed by atoms with Crippen LogP contribution in [0.1, 0.15) is 31.4 Å². The Kier molecular flexibility index (Phi) is 5.51. The van der Waals surface area contributed by atoms with Crippen LogP contribution in [0.2, 0.25) is 5.02 Å². The molecule has 0 saturated carbocycles. The highest BCUT2D eigenvalue weighted by molar-refractivity contribution is 6.30. The maximum Gasteiger partial charge on any atom is 0.259 e. The Bertz CT molecular complexity index is 1110. The number of carbonyl (C=O) groups excluding carboxylic acids is 2. The summed E-state index contributed by atoms with van der Waals surface area (Å²) >= 11 is 5.90. The van der Waals surface area contributed by atoms with Crippen molar-refractivity contribution in [3.8, 4) is 0 Å². The highest BCUT2D eigenvalue weighted by atomic mass is 35.5. The summed E-state index contributed by atoms with van der Waals surface area (Å²) in [5.41, 5.74) is 6.33. The van der Waals surface area contributed by atoms with Gasteiger partial charge in [-0.15, -0.1) is 0 Å². The minimum atomic E-state index is -0.764. The van der Waals surface area contributed by atoms with Crippen LogP contribution in [0.5, 0.6) is 0 Å². The maximum atomic E-state index is 12.7. The van der Waals surface area contributed by atoms with E-state index in [4.69, 9.17) is 17.3 Å². The molecule has 0 saturated heterocycles. The lowest BCUT2D eigenvalue weighted by Gasteiger charge is -2.16. The number of amides is 2. The van der Waals surface area contributed by atoms with Crippen LogP contribution in [-0.4, -0.2) is 16.4 Å². The van der Waals surface area contributed by atoms with Gasteiger partial charge in [0.15, 0.2) is 0 Å². The number of hydrogen-bond donors (Lipinski definition) is 2. The summed E-state index contributed by atoms with van der Waals surface area (Å²) in [6.45, 7) is 3.36. The molecule has 28 heavy (non-hydrogen) atoms. The lowest BCUT2D eigenvalue weighted by Crippen LogP contribution is -2.31. The third kappa shape index (κ3) is 3.77. The molecule has 2 atom stereocenters. The van der Waals surface area contributed by atoms with Gasteiger partial charge in [0, 0.05) is 27.7 Å². The molecule has 3 aromatic rings. The van der Waals surface area contributed by atoms with Gasteiger partial charge in [-0.3, -0.25) is 14.4 Å². The van der Waals surface area contributed by atoms with E-state index in [0.717, 1.165) is 5.56 Å². The zero-order chi connectivity index (χ0) is 20.4. The number of pyridine rings is 1. The standard InChI is InChI=1S/C21H20ClN3O3/c1-12(14-6-8-15(22)9-7-14)20(27)24-18-5-3-4-17-16(18)10-11-25(21(17)28)13(2)19(23)26/h3-13H,1-2H3,(H2,23,26)(H,24,27)/t12-,13?/m1/s1. The first-order valence-corrected chi connectivity index (χ1v) is 9.17. The molecule has 0 spiro atoms. The van der Waals surface area contributed by atoms with E-state index in [2.05, 4.69) is 5.32 Å². The number of hydrogen-bond acceptors (Lipinski definition) is 3. The third-order valence-electron chi connectivity index (χ3n) is 4.82. The Morgan fingerprint density at radius 2 is 1.71 bits per heavy atom. The van der Waals surface area contributed by atoms with Crippen molar-refractivity contribution in [2.24, 2.45) is 5.73 Å². The quantitative estimate of drug-likeness (QED) is 0.690. The Balaban J connectivity index is 1.94. The second-order valence-corrected chi connectivity index (χ2v) is 7.07. The van der Waals surface area contributed by atoms with Gasteiger partial charge >= 0.3 is 0 Å². The first-order chi connectivity index (χ1) is 13.3. The first kappa shape index (κ1) is 19.6. The molecule has 144 valence electrons. The van der Waals surface area contributed by atoms with E-state index in [0.29, 0.717) is 21.5 Å². The summed E-state index contributed by atoms with van der Waals surface area (Å²) in [5, 5.41) is 4.48. The van der Waals surface area contributed by atoms with Gasteiger partial charge in [0.2, 0.25) is 11.8 Å². The van der Waals surface area contributed by atoms with Crippen LogP contribution in [-0.2, 0) is 9.59 Å². The molecular formula is C21H20ClN3O3. The molecule has 0 aliphatic rings. The van der Waals surface area contributed by atoms with Crippen LogP contribution in [0.4, 0.5) is 5.69 Å². The largest absolute Gasteiger partial charge is 0.368 e. The summed E-state index contributed by atoms with van der Waals surface area (Å²) in [5.74, 6) is -1.20. The number of nitrogens with one attached hydrogen (secondary N) is 1. The van der Waals surface area contributed by atoms with E-state index in [1.54, 1.807) is 62.4 Å². The highest BCUT2D eigenvalue weighted by Crippen LogP contribution is 2.24. The third-order valence-corrected chi connectivity index (χ3v) is 5.07. The molecule has 3 N–H and O–H groups in total. The molecule has 7 heteroatoms. The molecule has 3 rings (SSSR count). The molecule has 1 heterocycles. The molecule has 6 nitrogen and oxygen atoms in total. The number of primary amides is 1. The van der Waals surface area contributed by atoms with Crippen molar-refractivity contribution >= 4 is 39.9 Å².